The summed E-state index contributed by atoms with van der Waals surface area (Å²) in [7, 11) is 0. The second kappa shape index (κ2) is 7.93. The maximum Gasteiger partial charge on any atom is 0.254 e. The predicted molar refractivity (Wildman–Crippen MR) is 106 cm³/mol. The zero-order valence-electron chi connectivity index (χ0n) is 15.5. The lowest BCUT2D eigenvalue weighted by molar-refractivity contribution is 0.0623. The van der Waals surface area contributed by atoms with E-state index in [0.717, 1.165) is 0 Å². The van der Waals surface area contributed by atoms with Gasteiger partial charge < -0.3 is 9.80 Å². The van der Waals surface area contributed by atoms with E-state index in [1.165, 1.54) is 11.3 Å². The van der Waals surface area contributed by atoms with E-state index in [-0.39, 0.29) is 11.8 Å². The molecule has 8 heteroatoms. The molecule has 0 radical (unpaired) electrons. The average Bonchev–Trinajstić information content (AvgIpc) is 3.35. The molecule has 0 saturated carbocycles. The molecule has 0 spiro atoms. The first-order valence-electron chi connectivity index (χ1n) is 9.20. The molecule has 2 aromatic heterocycles. The van der Waals surface area contributed by atoms with Crippen LogP contribution in [-0.4, -0.2) is 56.4 Å². The second-order valence-corrected chi connectivity index (χ2v) is 7.56. The summed E-state index contributed by atoms with van der Waals surface area (Å²) in [5.41, 5.74) is 1.30. The van der Waals surface area contributed by atoms with Crippen LogP contribution in [0.25, 0.3) is 0 Å². The third-order valence-electron chi connectivity index (χ3n) is 4.85. The van der Waals surface area contributed by atoms with E-state index >= 15 is 0 Å². The number of carbonyl (C=O) groups excluding carboxylic acids is 2. The number of rotatable bonds is 3. The summed E-state index contributed by atoms with van der Waals surface area (Å²) in [4.78, 5) is 34.2. The number of carbonyl (C=O) groups is 2. The minimum atomic E-state index is -0.400. The second-order valence-electron chi connectivity index (χ2n) is 6.78. The van der Waals surface area contributed by atoms with E-state index in [0.29, 0.717) is 48.8 Å². The zero-order chi connectivity index (χ0) is 19.5. The third-order valence-corrected chi connectivity index (χ3v) is 5.53. The number of hydrogen-bond acceptors (Lipinski definition) is 5. The molecule has 144 valence electrons. The number of nitrogens with one attached hydrogen (secondary N) is 1. The molecule has 2 amide bonds. The lowest BCUT2D eigenvalue weighted by Gasteiger charge is -2.30. The Bertz CT molecular complexity index is 954. The molecule has 0 bridgehead atoms. The molecular weight excluding hydrogens is 374 g/mol. The van der Waals surface area contributed by atoms with E-state index in [9.17, 15) is 9.59 Å². The fraction of sp³-hybridized carbons (Fsp3) is 0.300. The van der Waals surface area contributed by atoms with E-state index in [4.69, 9.17) is 0 Å². The number of thiophene rings is 1. The summed E-state index contributed by atoms with van der Waals surface area (Å²) in [6.07, 6.45) is 0.703. The van der Waals surface area contributed by atoms with Gasteiger partial charge in [-0.3, -0.25) is 14.7 Å². The molecule has 0 aliphatic carbocycles. The van der Waals surface area contributed by atoms with Gasteiger partial charge in [-0.15, -0.1) is 0 Å². The largest absolute Gasteiger partial charge is 0.336 e. The molecule has 28 heavy (non-hydrogen) atoms. The molecule has 7 nitrogen and oxygen atoms in total. The van der Waals surface area contributed by atoms with Crippen LogP contribution < -0.4 is 0 Å². The van der Waals surface area contributed by atoms with Crippen molar-refractivity contribution in [3.63, 3.8) is 0 Å². The van der Waals surface area contributed by atoms with Gasteiger partial charge in [-0.25, -0.2) is 4.98 Å². The van der Waals surface area contributed by atoms with Crippen LogP contribution in [-0.2, 0) is 0 Å². The first-order valence-corrected chi connectivity index (χ1v) is 10.1. The molecule has 1 N–H and O–H groups in total. The lowest BCUT2D eigenvalue weighted by Crippen LogP contribution is -2.40. The lowest BCUT2D eigenvalue weighted by atomic mass is 10.1. The van der Waals surface area contributed by atoms with Gasteiger partial charge in [0.25, 0.3) is 11.8 Å². The molecule has 4 rings (SSSR count). The monoisotopic (exact) mass is 395 g/mol. The van der Waals surface area contributed by atoms with Crippen LogP contribution in [0.3, 0.4) is 0 Å². The molecule has 1 atom stereocenters. The normalized spacial score (nSPS) is 17.4. The Labute approximate surface area is 167 Å². The quantitative estimate of drug-likeness (QED) is 0.739. The Hall–Kier alpha value is -3.00. The highest BCUT2D eigenvalue weighted by Crippen LogP contribution is 2.26. The summed E-state index contributed by atoms with van der Waals surface area (Å²) >= 11 is 1.50. The topological polar surface area (TPSA) is 82.2 Å². The highest BCUT2D eigenvalue weighted by Gasteiger charge is 2.34. The van der Waals surface area contributed by atoms with Crippen LogP contribution >= 0.6 is 11.3 Å². The van der Waals surface area contributed by atoms with Crippen molar-refractivity contribution in [3.8, 4) is 0 Å². The van der Waals surface area contributed by atoms with Gasteiger partial charge in [-0.05, 0) is 36.9 Å². The summed E-state index contributed by atoms with van der Waals surface area (Å²) < 4.78 is 0. The van der Waals surface area contributed by atoms with Crippen molar-refractivity contribution >= 4 is 23.2 Å². The molecule has 1 unspecified atom stereocenters. The molecule has 1 aliphatic rings. The molecular formula is C20H21N5O2S. The van der Waals surface area contributed by atoms with E-state index in [2.05, 4.69) is 15.2 Å². The minimum absolute atomic E-state index is 0.0208. The summed E-state index contributed by atoms with van der Waals surface area (Å²) in [6.45, 7) is 3.32. The van der Waals surface area contributed by atoms with Crippen molar-refractivity contribution < 1.29 is 9.59 Å². The van der Waals surface area contributed by atoms with Gasteiger partial charge in [0.15, 0.2) is 5.82 Å². The van der Waals surface area contributed by atoms with Crippen molar-refractivity contribution in [1.29, 1.82) is 0 Å². The number of H-pyrrole nitrogens is 1. The number of aromatic nitrogens is 3. The Morgan fingerprint density at radius 2 is 1.93 bits per heavy atom. The maximum absolute atomic E-state index is 13.2. The smallest absolute Gasteiger partial charge is 0.254 e. The SMILES string of the molecule is Cc1nc(C2CN(C(=O)c3ccsc3)CCCN2C(=O)c2ccccc2)n[nH]1. The molecule has 1 saturated heterocycles. The van der Waals surface area contributed by atoms with Crippen molar-refractivity contribution in [2.75, 3.05) is 19.6 Å². The van der Waals surface area contributed by atoms with Crippen molar-refractivity contribution in [2.24, 2.45) is 0 Å². The van der Waals surface area contributed by atoms with Gasteiger partial charge in [-0.1, -0.05) is 18.2 Å². The van der Waals surface area contributed by atoms with Gasteiger partial charge in [0.2, 0.25) is 0 Å². The van der Waals surface area contributed by atoms with Crippen LogP contribution in [0.15, 0.2) is 47.2 Å². The maximum atomic E-state index is 13.2. The van der Waals surface area contributed by atoms with Crippen LogP contribution in [0.1, 0.15) is 44.8 Å². The number of nitrogens with zero attached hydrogens (tertiary/aromatic N) is 4. The standard InChI is InChI=1S/C20H21N5O2S/c1-14-21-18(23-22-14)17-12-24(19(26)16-8-11-28-13-16)9-5-10-25(17)20(27)15-6-3-2-4-7-15/h2-4,6-8,11,13,17H,5,9-10,12H2,1H3,(H,21,22,23). The highest BCUT2D eigenvalue weighted by molar-refractivity contribution is 7.08. The first-order chi connectivity index (χ1) is 13.6. The number of aryl methyl sites for hydroxylation is 1. The average molecular weight is 395 g/mol. The minimum Gasteiger partial charge on any atom is -0.336 e. The van der Waals surface area contributed by atoms with Crippen LogP contribution in [0.4, 0.5) is 0 Å². The van der Waals surface area contributed by atoms with E-state index < -0.39 is 6.04 Å². The van der Waals surface area contributed by atoms with Crippen molar-refractivity contribution in [2.45, 2.75) is 19.4 Å². The first kappa shape index (κ1) is 18.4. The number of amides is 2. The van der Waals surface area contributed by atoms with Gasteiger partial charge in [0, 0.05) is 30.6 Å². The van der Waals surface area contributed by atoms with Crippen molar-refractivity contribution in [3.05, 3.63) is 69.9 Å². The number of hydrogen-bond donors (Lipinski definition) is 1. The summed E-state index contributed by atoms with van der Waals surface area (Å²) in [5.74, 6) is 1.12. The molecule has 1 aliphatic heterocycles. The predicted octanol–water partition coefficient (Wildman–Crippen LogP) is 2.90. The fourth-order valence-electron chi connectivity index (χ4n) is 3.46. The number of benzene rings is 1. The Kier molecular flexibility index (Phi) is 5.21. The molecule has 3 heterocycles. The van der Waals surface area contributed by atoms with Crippen LogP contribution in [0.2, 0.25) is 0 Å². The summed E-state index contributed by atoms with van der Waals surface area (Å²) in [5, 5.41) is 10.9. The Morgan fingerprint density at radius 1 is 1.11 bits per heavy atom. The molecule has 1 aromatic carbocycles. The van der Waals surface area contributed by atoms with Gasteiger partial charge >= 0.3 is 0 Å². The Balaban J connectivity index is 1.66. The van der Waals surface area contributed by atoms with Gasteiger partial charge in [-0.2, -0.15) is 16.4 Å². The van der Waals surface area contributed by atoms with Gasteiger partial charge in [0.05, 0.1) is 5.56 Å². The molecule has 1 fully saturated rings. The van der Waals surface area contributed by atoms with E-state index in [1.807, 2.05) is 54.1 Å². The Morgan fingerprint density at radius 3 is 2.61 bits per heavy atom. The van der Waals surface area contributed by atoms with Crippen molar-refractivity contribution in [1.82, 2.24) is 25.0 Å². The van der Waals surface area contributed by atoms with E-state index in [1.54, 1.807) is 9.80 Å². The summed E-state index contributed by atoms with van der Waals surface area (Å²) in [6, 6.07) is 10.6. The zero-order valence-corrected chi connectivity index (χ0v) is 16.4. The fourth-order valence-corrected chi connectivity index (χ4v) is 4.09. The van der Waals surface area contributed by atoms with Crippen LogP contribution in [0, 0.1) is 6.92 Å². The molecule has 3 aromatic rings. The van der Waals surface area contributed by atoms with Crippen LogP contribution in [0.5, 0.6) is 0 Å². The van der Waals surface area contributed by atoms with Gasteiger partial charge in [0.1, 0.15) is 11.9 Å². The number of aromatic amines is 1. The highest BCUT2D eigenvalue weighted by atomic mass is 32.1. The third kappa shape index (κ3) is 3.68.